The van der Waals surface area contributed by atoms with Gasteiger partial charge in [0.2, 0.25) is 0 Å². The van der Waals surface area contributed by atoms with Gasteiger partial charge in [-0.15, -0.1) is 0 Å². The predicted molar refractivity (Wildman–Crippen MR) is 84.9 cm³/mol. The first-order valence-corrected chi connectivity index (χ1v) is 7.41. The summed E-state index contributed by atoms with van der Waals surface area (Å²) < 4.78 is 5.40. The molecule has 22 heavy (non-hydrogen) atoms. The van der Waals surface area contributed by atoms with Crippen LogP contribution in [0.3, 0.4) is 0 Å². The lowest BCUT2D eigenvalue weighted by atomic mass is 10.1. The van der Waals surface area contributed by atoms with E-state index in [1.54, 1.807) is 24.3 Å². The molecule has 1 aliphatic rings. The third kappa shape index (κ3) is 4.82. The van der Waals surface area contributed by atoms with Gasteiger partial charge in [-0.3, -0.25) is 9.59 Å². The second-order valence-electron chi connectivity index (χ2n) is 6.34. The molecule has 2 amide bonds. The zero-order chi connectivity index (χ0) is 16.2. The molecule has 6 nitrogen and oxygen atoms in total. The Balaban J connectivity index is 2.01. The van der Waals surface area contributed by atoms with Gasteiger partial charge in [-0.1, -0.05) is 6.07 Å². The lowest BCUT2D eigenvalue weighted by molar-refractivity contribution is -0.128. The van der Waals surface area contributed by atoms with Crippen molar-refractivity contribution in [3.8, 4) is 0 Å². The number of amides is 2. The van der Waals surface area contributed by atoms with E-state index in [9.17, 15) is 9.59 Å². The van der Waals surface area contributed by atoms with Gasteiger partial charge in [0.05, 0.1) is 6.61 Å². The first kappa shape index (κ1) is 16.5. The molecule has 1 aromatic rings. The number of ether oxygens (including phenoxy) is 1. The van der Waals surface area contributed by atoms with Crippen LogP contribution in [0, 0.1) is 0 Å². The first-order chi connectivity index (χ1) is 10.3. The van der Waals surface area contributed by atoms with Crippen LogP contribution in [0.4, 0.5) is 5.69 Å². The van der Waals surface area contributed by atoms with Crippen molar-refractivity contribution in [2.75, 3.05) is 25.0 Å². The predicted octanol–water partition coefficient (Wildman–Crippen LogP) is 1.14. The Bertz CT molecular complexity index is 546. The van der Waals surface area contributed by atoms with E-state index in [2.05, 4.69) is 16.0 Å². The van der Waals surface area contributed by atoms with E-state index >= 15 is 0 Å². The zero-order valence-electron chi connectivity index (χ0n) is 13.2. The monoisotopic (exact) mass is 305 g/mol. The zero-order valence-corrected chi connectivity index (χ0v) is 13.2. The van der Waals surface area contributed by atoms with E-state index in [4.69, 9.17) is 4.74 Å². The number of morpholine rings is 1. The Morgan fingerprint density at radius 1 is 1.32 bits per heavy atom. The van der Waals surface area contributed by atoms with Gasteiger partial charge in [-0.25, -0.2) is 0 Å². The summed E-state index contributed by atoms with van der Waals surface area (Å²) in [5, 5.41) is 8.79. The van der Waals surface area contributed by atoms with Crippen LogP contribution in [0.15, 0.2) is 24.3 Å². The van der Waals surface area contributed by atoms with Gasteiger partial charge in [-0.05, 0) is 39.0 Å². The molecule has 1 unspecified atom stereocenters. The molecule has 6 heteroatoms. The van der Waals surface area contributed by atoms with Crippen molar-refractivity contribution in [1.29, 1.82) is 0 Å². The van der Waals surface area contributed by atoms with Crippen molar-refractivity contribution >= 4 is 17.5 Å². The van der Waals surface area contributed by atoms with Crippen molar-refractivity contribution in [2.24, 2.45) is 0 Å². The number of carbonyl (C=O) groups excluding carboxylic acids is 2. The van der Waals surface area contributed by atoms with Crippen LogP contribution in [0.5, 0.6) is 0 Å². The lowest BCUT2D eigenvalue weighted by Gasteiger charge is -2.23. The highest BCUT2D eigenvalue weighted by Gasteiger charge is 2.22. The summed E-state index contributed by atoms with van der Waals surface area (Å²) in [7, 11) is 0. The SMILES string of the molecule is CC(C)(C)NC(=O)c1cccc(NC(=O)C2CNCCO2)c1. The van der Waals surface area contributed by atoms with Gasteiger partial charge in [0.15, 0.2) is 0 Å². The average Bonchev–Trinajstić information content (AvgIpc) is 2.46. The Labute approximate surface area is 130 Å². The fourth-order valence-corrected chi connectivity index (χ4v) is 2.11. The number of anilines is 1. The minimum absolute atomic E-state index is 0.167. The summed E-state index contributed by atoms with van der Waals surface area (Å²) in [6.45, 7) is 7.53. The molecule has 2 rings (SSSR count). The molecule has 1 atom stereocenters. The van der Waals surface area contributed by atoms with E-state index in [0.29, 0.717) is 24.4 Å². The first-order valence-electron chi connectivity index (χ1n) is 7.41. The standard InChI is InChI=1S/C16H23N3O3/c1-16(2,3)19-14(20)11-5-4-6-12(9-11)18-15(21)13-10-17-7-8-22-13/h4-6,9,13,17H,7-8,10H2,1-3H3,(H,18,21)(H,19,20). The van der Waals surface area contributed by atoms with Crippen LogP contribution in [0.25, 0.3) is 0 Å². The van der Waals surface area contributed by atoms with Crippen LogP contribution >= 0.6 is 0 Å². The molecule has 1 heterocycles. The topological polar surface area (TPSA) is 79.5 Å². The number of hydrogen-bond acceptors (Lipinski definition) is 4. The Morgan fingerprint density at radius 3 is 2.73 bits per heavy atom. The number of rotatable bonds is 3. The average molecular weight is 305 g/mol. The summed E-state index contributed by atoms with van der Waals surface area (Å²) in [5.74, 6) is -0.375. The Hall–Kier alpha value is -1.92. The second kappa shape index (κ2) is 6.89. The minimum Gasteiger partial charge on any atom is -0.366 e. The van der Waals surface area contributed by atoms with Crippen LogP contribution < -0.4 is 16.0 Å². The molecule has 0 radical (unpaired) electrons. The van der Waals surface area contributed by atoms with Gasteiger partial charge in [0.25, 0.3) is 11.8 Å². The molecular weight excluding hydrogens is 282 g/mol. The highest BCUT2D eigenvalue weighted by Crippen LogP contribution is 2.13. The van der Waals surface area contributed by atoms with Crippen molar-refractivity contribution in [1.82, 2.24) is 10.6 Å². The van der Waals surface area contributed by atoms with Crippen LogP contribution in [-0.2, 0) is 9.53 Å². The molecule has 1 aliphatic heterocycles. The van der Waals surface area contributed by atoms with Crippen molar-refractivity contribution in [2.45, 2.75) is 32.4 Å². The molecule has 1 aromatic carbocycles. The van der Waals surface area contributed by atoms with Gasteiger partial charge in [0.1, 0.15) is 6.10 Å². The molecule has 1 fully saturated rings. The highest BCUT2D eigenvalue weighted by molar-refractivity contribution is 5.98. The van der Waals surface area contributed by atoms with Crippen molar-refractivity contribution < 1.29 is 14.3 Å². The van der Waals surface area contributed by atoms with Gasteiger partial charge >= 0.3 is 0 Å². The van der Waals surface area contributed by atoms with E-state index in [1.165, 1.54) is 0 Å². The Kier molecular flexibility index (Phi) is 5.15. The molecule has 120 valence electrons. The number of nitrogens with one attached hydrogen (secondary N) is 3. The quantitative estimate of drug-likeness (QED) is 0.782. The smallest absolute Gasteiger partial charge is 0.254 e. The molecule has 0 aliphatic carbocycles. The minimum atomic E-state index is -0.499. The lowest BCUT2D eigenvalue weighted by Crippen LogP contribution is -2.45. The maximum absolute atomic E-state index is 12.1. The molecule has 0 saturated carbocycles. The number of benzene rings is 1. The molecule has 0 aromatic heterocycles. The summed E-state index contributed by atoms with van der Waals surface area (Å²) >= 11 is 0. The van der Waals surface area contributed by atoms with Gasteiger partial charge in [0, 0.05) is 29.9 Å². The van der Waals surface area contributed by atoms with Crippen molar-refractivity contribution in [3.05, 3.63) is 29.8 Å². The van der Waals surface area contributed by atoms with Gasteiger partial charge in [-0.2, -0.15) is 0 Å². The van der Waals surface area contributed by atoms with Crippen LogP contribution in [-0.4, -0.2) is 43.2 Å². The van der Waals surface area contributed by atoms with E-state index in [-0.39, 0.29) is 17.4 Å². The van der Waals surface area contributed by atoms with Crippen LogP contribution in [0.1, 0.15) is 31.1 Å². The third-order valence-corrected chi connectivity index (χ3v) is 3.10. The van der Waals surface area contributed by atoms with E-state index in [1.807, 2.05) is 20.8 Å². The number of carbonyl (C=O) groups is 2. The summed E-state index contributed by atoms with van der Waals surface area (Å²) in [6.07, 6.45) is -0.499. The number of hydrogen-bond donors (Lipinski definition) is 3. The fraction of sp³-hybridized carbons (Fsp3) is 0.500. The Morgan fingerprint density at radius 2 is 2.09 bits per heavy atom. The summed E-state index contributed by atoms with van der Waals surface area (Å²) in [5.41, 5.74) is 0.786. The second-order valence-corrected chi connectivity index (χ2v) is 6.34. The van der Waals surface area contributed by atoms with Gasteiger partial charge < -0.3 is 20.7 Å². The largest absolute Gasteiger partial charge is 0.366 e. The molecule has 0 spiro atoms. The molecule has 3 N–H and O–H groups in total. The van der Waals surface area contributed by atoms with Crippen LogP contribution in [0.2, 0.25) is 0 Å². The molecule has 0 bridgehead atoms. The van der Waals surface area contributed by atoms with E-state index in [0.717, 1.165) is 6.54 Å². The molecular formula is C16H23N3O3. The molecule has 1 saturated heterocycles. The maximum Gasteiger partial charge on any atom is 0.254 e. The fourth-order valence-electron chi connectivity index (χ4n) is 2.11. The van der Waals surface area contributed by atoms with E-state index < -0.39 is 6.10 Å². The highest BCUT2D eigenvalue weighted by atomic mass is 16.5. The normalized spacial score (nSPS) is 18.6. The maximum atomic E-state index is 12.1. The van der Waals surface area contributed by atoms with Crippen molar-refractivity contribution in [3.63, 3.8) is 0 Å². The summed E-state index contributed by atoms with van der Waals surface area (Å²) in [6, 6.07) is 6.87. The third-order valence-electron chi connectivity index (χ3n) is 3.10. The summed E-state index contributed by atoms with van der Waals surface area (Å²) in [4.78, 5) is 24.2.